The van der Waals surface area contributed by atoms with Crippen LogP contribution in [0.2, 0.25) is 0 Å². The number of halogens is 2. The van der Waals surface area contributed by atoms with E-state index in [1.165, 1.54) is 4.90 Å². The molecule has 2 aliphatic rings. The number of carbonyl (C=O) groups excluding carboxylic acids is 2. The van der Waals surface area contributed by atoms with Crippen LogP contribution in [0.3, 0.4) is 0 Å². The molecule has 2 aliphatic heterocycles. The first-order valence-electron chi connectivity index (χ1n) is 10.9. The van der Waals surface area contributed by atoms with Crippen molar-refractivity contribution >= 4 is 46.0 Å². The second-order valence-electron chi connectivity index (χ2n) is 8.00. The summed E-state index contributed by atoms with van der Waals surface area (Å²) >= 11 is 1.11. The number of carbonyl (C=O) groups is 2. The van der Waals surface area contributed by atoms with Crippen molar-refractivity contribution in [2.24, 2.45) is 15.9 Å². The van der Waals surface area contributed by atoms with E-state index in [0.29, 0.717) is 23.1 Å². The molecule has 0 bridgehead atoms. The van der Waals surface area contributed by atoms with Gasteiger partial charge in [-0.2, -0.15) is 0 Å². The molecule has 2 aromatic carbocycles. The van der Waals surface area contributed by atoms with Crippen LogP contribution in [0.1, 0.15) is 39.2 Å². The molecule has 3 atom stereocenters. The Morgan fingerprint density at radius 1 is 1.18 bits per heavy atom. The Morgan fingerprint density at radius 2 is 1.94 bits per heavy atom. The molecule has 0 radical (unpaired) electrons. The first-order chi connectivity index (χ1) is 15.8. The number of benzene rings is 2. The summed E-state index contributed by atoms with van der Waals surface area (Å²) in [6.07, 6.45) is 1.18. The number of amidine groups is 2. The van der Waals surface area contributed by atoms with Crippen LogP contribution in [0, 0.1) is 17.6 Å². The van der Waals surface area contributed by atoms with Gasteiger partial charge in [0.15, 0.2) is 5.17 Å². The third-order valence-electron chi connectivity index (χ3n) is 5.78. The number of fused-ring (bicyclic) bond motifs is 3. The molecule has 2 aromatic rings. The topological polar surface area (TPSA) is 74.1 Å². The summed E-state index contributed by atoms with van der Waals surface area (Å²) in [6.45, 7) is 5.80. The van der Waals surface area contributed by atoms with Crippen LogP contribution >= 0.6 is 11.8 Å². The number of amides is 2. The lowest BCUT2D eigenvalue weighted by Gasteiger charge is -2.27. The van der Waals surface area contributed by atoms with E-state index in [9.17, 15) is 18.4 Å². The van der Waals surface area contributed by atoms with E-state index in [1.54, 1.807) is 6.92 Å². The highest BCUT2D eigenvalue weighted by atomic mass is 32.2. The van der Waals surface area contributed by atoms with Gasteiger partial charge in [0.1, 0.15) is 23.5 Å². The summed E-state index contributed by atoms with van der Waals surface area (Å²) in [5.41, 5.74) is 1.20. The molecular weight excluding hydrogens is 446 g/mol. The van der Waals surface area contributed by atoms with E-state index in [0.717, 1.165) is 41.9 Å². The lowest BCUT2D eigenvalue weighted by atomic mass is 10.00. The maximum absolute atomic E-state index is 14.0. The zero-order chi connectivity index (χ0) is 23.7. The van der Waals surface area contributed by atoms with Gasteiger partial charge in [0.25, 0.3) is 5.91 Å². The number of thioether (sulfide) groups is 1. The van der Waals surface area contributed by atoms with Crippen molar-refractivity contribution in [2.75, 3.05) is 5.32 Å². The van der Waals surface area contributed by atoms with Crippen LogP contribution in [-0.4, -0.2) is 39.0 Å². The van der Waals surface area contributed by atoms with E-state index >= 15 is 0 Å². The Balaban J connectivity index is 1.64. The maximum Gasteiger partial charge on any atom is 0.259 e. The lowest BCUT2D eigenvalue weighted by molar-refractivity contribution is -0.125. The number of hydrogen-bond acceptors (Lipinski definition) is 5. The molecule has 33 heavy (non-hydrogen) atoms. The van der Waals surface area contributed by atoms with Gasteiger partial charge in [0.2, 0.25) is 5.91 Å². The Morgan fingerprint density at radius 3 is 2.67 bits per heavy atom. The Hall–Kier alpha value is -3.07. The molecule has 2 heterocycles. The van der Waals surface area contributed by atoms with Gasteiger partial charge in [-0.1, -0.05) is 51.1 Å². The smallest absolute Gasteiger partial charge is 0.259 e. The van der Waals surface area contributed by atoms with Gasteiger partial charge in [-0.3, -0.25) is 14.6 Å². The zero-order valence-electron chi connectivity index (χ0n) is 18.5. The molecule has 0 spiro atoms. The van der Waals surface area contributed by atoms with Gasteiger partial charge in [0.05, 0.1) is 16.6 Å². The number of nitrogens with zero attached hydrogens (tertiary/aromatic N) is 3. The van der Waals surface area contributed by atoms with Crippen LogP contribution in [0.15, 0.2) is 52.4 Å². The fraction of sp³-hybridized carbons (Fsp3) is 0.333. The minimum absolute atomic E-state index is 0.0511. The number of rotatable bonds is 6. The van der Waals surface area contributed by atoms with Gasteiger partial charge in [-0.25, -0.2) is 18.7 Å². The monoisotopic (exact) mass is 470 g/mol. The Labute approximate surface area is 195 Å². The normalized spacial score (nSPS) is 18.8. The molecule has 0 unspecified atom stereocenters. The summed E-state index contributed by atoms with van der Waals surface area (Å²) in [5.74, 6) is -1.47. The van der Waals surface area contributed by atoms with E-state index in [-0.39, 0.29) is 17.5 Å². The molecule has 9 heteroatoms. The molecule has 0 aromatic heterocycles. The van der Waals surface area contributed by atoms with E-state index in [1.807, 2.05) is 38.1 Å². The summed E-state index contributed by atoms with van der Waals surface area (Å²) in [6, 6.07) is 9.78. The van der Waals surface area contributed by atoms with Crippen LogP contribution in [0.25, 0.3) is 0 Å². The van der Waals surface area contributed by atoms with E-state index in [2.05, 4.69) is 10.3 Å². The third-order valence-corrected chi connectivity index (χ3v) is 7.10. The van der Waals surface area contributed by atoms with Gasteiger partial charge in [-0.15, -0.1) is 0 Å². The minimum Gasteiger partial charge on any atom is -0.323 e. The second-order valence-corrected chi connectivity index (χ2v) is 9.17. The van der Waals surface area contributed by atoms with E-state index < -0.39 is 28.8 Å². The fourth-order valence-corrected chi connectivity index (χ4v) is 4.72. The highest BCUT2D eigenvalue weighted by molar-refractivity contribution is 8.15. The molecule has 4 rings (SSSR count). The average molecular weight is 471 g/mol. The molecule has 1 N–H and O–H groups in total. The van der Waals surface area contributed by atoms with Crippen molar-refractivity contribution in [3.8, 4) is 0 Å². The largest absolute Gasteiger partial charge is 0.323 e. The van der Waals surface area contributed by atoms with Crippen molar-refractivity contribution in [1.29, 1.82) is 0 Å². The quantitative estimate of drug-likeness (QED) is 0.637. The second kappa shape index (κ2) is 9.43. The Kier molecular flexibility index (Phi) is 6.60. The van der Waals surface area contributed by atoms with Crippen LogP contribution in [-0.2, 0) is 9.59 Å². The molecule has 0 saturated heterocycles. The molecule has 2 amide bonds. The van der Waals surface area contributed by atoms with Gasteiger partial charge in [0, 0.05) is 11.6 Å². The maximum atomic E-state index is 14.0. The number of hydrogen-bond donors (Lipinski definition) is 1. The molecule has 0 saturated carbocycles. The van der Waals surface area contributed by atoms with Crippen molar-refractivity contribution in [2.45, 2.75) is 44.9 Å². The minimum atomic E-state index is -0.728. The first-order valence-corrected chi connectivity index (χ1v) is 11.7. The number of nitrogens with one attached hydrogen (secondary N) is 1. The molecule has 0 fully saturated rings. The van der Waals surface area contributed by atoms with Gasteiger partial charge >= 0.3 is 0 Å². The van der Waals surface area contributed by atoms with Gasteiger partial charge < -0.3 is 5.32 Å². The van der Waals surface area contributed by atoms with Crippen LogP contribution < -0.4 is 5.32 Å². The highest BCUT2D eigenvalue weighted by Gasteiger charge is 2.43. The SMILES string of the molecule is CC[C@H](SC1=Nc2ccccc2C2=N[C@H]([C@H](C)CC)C(=O)N12)C(=O)Nc1cc(F)ccc1F. The zero-order valence-corrected chi connectivity index (χ0v) is 19.3. The molecule has 172 valence electrons. The predicted octanol–water partition coefficient (Wildman–Crippen LogP) is 5.12. The van der Waals surface area contributed by atoms with Crippen molar-refractivity contribution in [3.05, 3.63) is 59.7 Å². The number of anilines is 1. The first kappa shape index (κ1) is 23.1. The summed E-state index contributed by atoms with van der Waals surface area (Å²) < 4.78 is 27.5. The van der Waals surface area contributed by atoms with Crippen molar-refractivity contribution < 1.29 is 18.4 Å². The lowest BCUT2D eigenvalue weighted by Crippen LogP contribution is -2.43. The Bertz CT molecular complexity index is 1170. The summed E-state index contributed by atoms with van der Waals surface area (Å²) in [5, 5.41) is 2.12. The number of para-hydroxylation sites is 1. The summed E-state index contributed by atoms with van der Waals surface area (Å²) in [7, 11) is 0. The van der Waals surface area contributed by atoms with Crippen LogP contribution in [0.5, 0.6) is 0 Å². The standard InChI is InChI=1S/C24H24F2N4O2S/c1-4-13(3)20-23(32)30-21(29-20)15-8-6-7-9-17(15)28-24(30)33-19(5-2)22(31)27-18-12-14(25)10-11-16(18)26/h6-13,19-20H,4-5H2,1-3H3,(H,27,31)/t13-,19+,20-/m1/s1. The van der Waals surface area contributed by atoms with Crippen molar-refractivity contribution in [1.82, 2.24) is 4.90 Å². The average Bonchev–Trinajstić information content (AvgIpc) is 3.17. The third kappa shape index (κ3) is 4.42. The number of aliphatic imine (C=N–C) groups is 2. The fourth-order valence-electron chi connectivity index (χ4n) is 3.70. The molecular formula is C24H24F2N4O2S. The van der Waals surface area contributed by atoms with Crippen LogP contribution in [0.4, 0.5) is 20.2 Å². The predicted molar refractivity (Wildman–Crippen MR) is 127 cm³/mol. The molecule has 0 aliphatic carbocycles. The molecule has 6 nitrogen and oxygen atoms in total. The van der Waals surface area contributed by atoms with Gasteiger partial charge in [-0.05, 0) is 36.6 Å². The summed E-state index contributed by atoms with van der Waals surface area (Å²) in [4.78, 5) is 37.1. The highest BCUT2D eigenvalue weighted by Crippen LogP contribution is 2.36. The van der Waals surface area contributed by atoms with E-state index in [4.69, 9.17) is 4.99 Å². The van der Waals surface area contributed by atoms with Crippen molar-refractivity contribution in [3.63, 3.8) is 0 Å².